The van der Waals surface area contributed by atoms with Crippen LogP contribution in [0, 0.1) is 52.5 Å². The van der Waals surface area contributed by atoms with Crippen LogP contribution < -0.4 is 0 Å². The van der Waals surface area contributed by atoms with Crippen molar-refractivity contribution in [3.8, 4) is 17.9 Å². The van der Waals surface area contributed by atoms with Crippen molar-refractivity contribution in [2.75, 3.05) is 0 Å². The number of halogens is 3. The molecule has 3 aromatic rings. The Morgan fingerprint density at radius 3 is 2.18 bits per heavy atom. The standard InChI is InChI=1S/C30H28F3N/c1-2-3-20-4-6-21(7-5-20)8-9-22-11-15-26-25(16-22)14-13-24(30(26)33)12-10-23-17-28(31)27(19-34)29(32)18-23/h11,13-18,20-21H,2-9H2,1H3. The van der Waals surface area contributed by atoms with Gasteiger partial charge in [0.1, 0.15) is 29.1 Å². The molecule has 0 atom stereocenters. The largest absolute Gasteiger partial charge is 0.205 e. The summed E-state index contributed by atoms with van der Waals surface area (Å²) in [5.41, 5.74) is 0.772. The quantitative estimate of drug-likeness (QED) is 0.354. The van der Waals surface area contributed by atoms with Gasteiger partial charge in [0.2, 0.25) is 0 Å². The van der Waals surface area contributed by atoms with Crippen molar-refractivity contribution in [3.63, 3.8) is 0 Å². The molecule has 0 aliphatic heterocycles. The summed E-state index contributed by atoms with van der Waals surface area (Å²) in [6.07, 6.45) is 10.2. The van der Waals surface area contributed by atoms with E-state index in [1.165, 1.54) is 56.6 Å². The van der Waals surface area contributed by atoms with Gasteiger partial charge in [0.25, 0.3) is 0 Å². The predicted octanol–water partition coefficient (Wildman–Crippen LogP) is 8.07. The molecule has 0 heterocycles. The molecule has 1 fully saturated rings. The van der Waals surface area contributed by atoms with Gasteiger partial charge < -0.3 is 0 Å². The summed E-state index contributed by atoms with van der Waals surface area (Å²) in [6.45, 7) is 2.27. The number of nitrogens with zero attached hydrogens (tertiary/aromatic N) is 1. The smallest absolute Gasteiger partial charge is 0.146 e. The molecule has 0 radical (unpaired) electrons. The third-order valence-corrected chi connectivity index (χ3v) is 7.02. The van der Waals surface area contributed by atoms with Crippen LogP contribution in [0.2, 0.25) is 0 Å². The summed E-state index contributed by atoms with van der Waals surface area (Å²) in [7, 11) is 0. The topological polar surface area (TPSA) is 23.8 Å². The summed E-state index contributed by atoms with van der Waals surface area (Å²) < 4.78 is 42.6. The molecule has 1 aliphatic carbocycles. The Kier molecular flexibility index (Phi) is 7.59. The number of aryl methyl sites for hydroxylation is 1. The number of hydrogen-bond donors (Lipinski definition) is 0. The van der Waals surface area contributed by atoms with Gasteiger partial charge in [0.15, 0.2) is 0 Å². The highest BCUT2D eigenvalue weighted by atomic mass is 19.1. The first-order valence-electron chi connectivity index (χ1n) is 12.1. The van der Waals surface area contributed by atoms with Crippen LogP contribution in [0.1, 0.15) is 74.1 Å². The van der Waals surface area contributed by atoms with E-state index < -0.39 is 23.0 Å². The van der Waals surface area contributed by atoms with Crippen LogP contribution in [0.3, 0.4) is 0 Å². The second kappa shape index (κ2) is 10.8. The lowest BCUT2D eigenvalue weighted by Crippen LogP contribution is -2.15. The average Bonchev–Trinajstić information content (AvgIpc) is 2.83. The van der Waals surface area contributed by atoms with Crippen LogP contribution in [0.15, 0.2) is 42.5 Å². The van der Waals surface area contributed by atoms with E-state index in [0.29, 0.717) is 5.39 Å². The second-order valence-electron chi connectivity index (χ2n) is 9.37. The lowest BCUT2D eigenvalue weighted by atomic mass is 9.78. The summed E-state index contributed by atoms with van der Waals surface area (Å²) in [6, 6.07) is 12.7. The van der Waals surface area contributed by atoms with Gasteiger partial charge in [-0.3, -0.25) is 0 Å². The second-order valence-corrected chi connectivity index (χ2v) is 9.37. The fourth-order valence-electron chi connectivity index (χ4n) is 5.07. The van der Waals surface area contributed by atoms with E-state index in [1.54, 1.807) is 12.1 Å². The van der Waals surface area contributed by atoms with Gasteiger partial charge >= 0.3 is 0 Å². The molecule has 1 aliphatic rings. The van der Waals surface area contributed by atoms with Crippen molar-refractivity contribution < 1.29 is 13.2 Å². The number of benzene rings is 3. The zero-order chi connectivity index (χ0) is 24.1. The van der Waals surface area contributed by atoms with Crippen LogP contribution in [0.25, 0.3) is 10.8 Å². The normalized spacial score (nSPS) is 17.7. The van der Waals surface area contributed by atoms with Gasteiger partial charge in [-0.2, -0.15) is 5.26 Å². The molecule has 0 bridgehead atoms. The lowest BCUT2D eigenvalue weighted by molar-refractivity contribution is 0.252. The highest BCUT2D eigenvalue weighted by Gasteiger charge is 2.20. The van der Waals surface area contributed by atoms with Gasteiger partial charge in [-0.15, -0.1) is 0 Å². The predicted molar refractivity (Wildman–Crippen MR) is 130 cm³/mol. The Labute approximate surface area is 199 Å². The zero-order valence-corrected chi connectivity index (χ0v) is 19.4. The zero-order valence-electron chi connectivity index (χ0n) is 19.4. The van der Waals surface area contributed by atoms with Crippen molar-refractivity contribution >= 4 is 10.8 Å². The Hall–Kier alpha value is -3.24. The third kappa shape index (κ3) is 5.45. The lowest BCUT2D eigenvalue weighted by Gasteiger charge is -2.28. The maximum absolute atomic E-state index is 15.1. The van der Waals surface area contributed by atoms with E-state index >= 15 is 4.39 Å². The summed E-state index contributed by atoms with van der Waals surface area (Å²) in [5, 5.41) is 10.1. The fraction of sp³-hybridized carbons (Fsp3) is 0.367. The van der Waals surface area contributed by atoms with Gasteiger partial charge in [-0.05, 0) is 53.8 Å². The summed E-state index contributed by atoms with van der Waals surface area (Å²) in [4.78, 5) is 0. The molecule has 174 valence electrons. The molecule has 0 aromatic heterocycles. The van der Waals surface area contributed by atoms with Gasteiger partial charge in [-0.25, -0.2) is 13.2 Å². The minimum Gasteiger partial charge on any atom is -0.205 e. The van der Waals surface area contributed by atoms with Crippen molar-refractivity contribution in [1.82, 2.24) is 0 Å². The molecule has 4 rings (SSSR count). The minimum atomic E-state index is -0.979. The van der Waals surface area contributed by atoms with Crippen molar-refractivity contribution in [2.45, 2.75) is 58.3 Å². The highest BCUT2D eigenvalue weighted by molar-refractivity contribution is 5.85. The number of nitriles is 1. The number of fused-ring (bicyclic) bond motifs is 1. The molecule has 34 heavy (non-hydrogen) atoms. The monoisotopic (exact) mass is 459 g/mol. The van der Waals surface area contributed by atoms with Crippen LogP contribution in [-0.2, 0) is 6.42 Å². The first-order valence-corrected chi connectivity index (χ1v) is 12.1. The molecule has 0 amide bonds. The molecule has 0 unspecified atom stereocenters. The third-order valence-electron chi connectivity index (χ3n) is 7.02. The van der Waals surface area contributed by atoms with Crippen LogP contribution in [-0.4, -0.2) is 0 Å². The Bertz CT molecular complexity index is 1260. The van der Waals surface area contributed by atoms with E-state index in [2.05, 4.69) is 18.8 Å². The Morgan fingerprint density at radius 1 is 0.853 bits per heavy atom. The average molecular weight is 460 g/mol. The number of rotatable bonds is 5. The first-order chi connectivity index (χ1) is 16.5. The van der Waals surface area contributed by atoms with E-state index in [-0.39, 0.29) is 11.1 Å². The van der Waals surface area contributed by atoms with Crippen molar-refractivity contribution in [3.05, 3.63) is 82.2 Å². The van der Waals surface area contributed by atoms with Gasteiger partial charge in [0.05, 0.1) is 5.56 Å². The Morgan fingerprint density at radius 2 is 1.53 bits per heavy atom. The van der Waals surface area contributed by atoms with Crippen LogP contribution >= 0.6 is 0 Å². The summed E-state index contributed by atoms with van der Waals surface area (Å²) in [5.74, 6) is 4.56. The molecule has 3 aromatic carbocycles. The van der Waals surface area contributed by atoms with Crippen LogP contribution in [0.4, 0.5) is 13.2 Å². The maximum Gasteiger partial charge on any atom is 0.146 e. The molecule has 1 nitrogen and oxygen atoms in total. The summed E-state index contributed by atoms with van der Waals surface area (Å²) >= 11 is 0. The highest BCUT2D eigenvalue weighted by Crippen LogP contribution is 2.34. The van der Waals surface area contributed by atoms with Crippen molar-refractivity contribution in [2.24, 2.45) is 11.8 Å². The molecule has 0 N–H and O–H groups in total. The van der Waals surface area contributed by atoms with Crippen molar-refractivity contribution in [1.29, 1.82) is 5.26 Å². The van der Waals surface area contributed by atoms with E-state index in [9.17, 15) is 8.78 Å². The fourth-order valence-corrected chi connectivity index (χ4v) is 5.07. The Balaban J connectivity index is 1.46. The molecule has 1 saturated carbocycles. The molecule has 0 spiro atoms. The van der Waals surface area contributed by atoms with Crippen LogP contribution in [0.5, 0.6) is 0 Å². The SMILES string of the molecule is CCCC1CCC(CCc2ccc3c(F)c(C#Cc4cc(F)c(C#N)c(F)c4)ccc3c2)CC1. The number of hydrogen-bond acceptors (Lipinski definition) is 1. The minimum absolute atomic E-state index is 0.0487. The van der Waals surface area contributed by atoms with E-state index in [0.717, 1.165) is 35.8 Å². The van der Waals surface area contributed by atoms with Gasteiger partial charge in [-0.1, -0.05) is 81.6 Å². The van der Waals surface area contributed by atoms with E-state index in [4.69, 9.17) is 5.26 Å². The molecule has 4 heteroatoms. The first kappa shape index (κ1) is 23.9. The molecular formula is C30H28F3N. The van der Waals surface area contributed by atoms with E-state index in [1.807, 2.05) is 18.2 Å². The maximum atomic E-state index is 15.1. The van der Waals surface area contributed by atoms with Gasteiger partial charge in [0, 0.05) is 10.9 Å². The molecule has 0 saturated heterocycles. The molecular weight excluding hydrogens is 431 g/mol.